The van der Waals surface area contributed by atoms with Crippen molar-refractivity contribution in [3.05, 3.63) is 59.4 Å². The van der Waals surface area contributed by atoms with Crippen LogP contribution in [0, 0.1) is 5.92 Å². The lowest BCUT2D eigenvalue weighted by Crippen LogP contribution is -2.20. The number of rotatable bonds is 8. The molecule has 1 aliphatic rings. The molecule has 2 aromatic rings. The van der Waals surface area contributed by atoms with Gasteiger partial charge in [0.1, 0.15) is 5.75 Å². The minimum atomic E-state index is -0.514. The van der Waals surface area contributed by atoms with Crippen molar-refractivity contribution in [2.45, 2.75) is 44.5 Å². The van der Waals surface area contributed by atoms with Crippen LogP contribution in [0.25, 0.3) is 0 Å². The molecule has 1 aliphatic heterocycles. The van der Waals surface area contributed by atoms with Gasteiger partial charge in [0.15, 0.2) is 10.9 Å². The molecule has 1 saturated heterocycles. The normalized spacial score (nSPS) is 20.4. The van der Waals surface area contributed by atoms with Crippen LogP contribution in [0.15, 0.2) is 42.6 Å². The van der Waals surface area contributed by atoms with E-state index in [-0.39, 0.29) is 16.1 Å². The third kappa shape index (κ3) is 5.00. The highest BCUT2D eigenvalue weighted by Gasteiger charge is 2.40. The number of hydrogen-bond donors (Lipinski definition) is 1. The van der Waals surface area contributed by atoms with Gasteiger partial charge in [0.25, 0.3) is 0 Å². The van der Waals surface area contributed by atoms with Gasteiger partial charge >= 0.3 is 0 Å². The highest BCUT2D eigenvalue weighted by atomic mass is 32.2. The van der Waals surface area contributed by atoms with E-state index < -0.39 is 12.0 Å². The van der Waals surface area contributed by atoms with Crippen molar-refractivity contribution < 1.29 is 19.4 Å². The van der Waals surface area contributed by atoms with Crippen LogP contribution in [-0.4, -0.2) is 32.8 Å². The van der Waals surface area contributed by atoms with E-state index in [0.717, 1.165) is 22.6 Å². The number of ether oxygens (including phenoxy) is 1. The number of Topliss-reactive ketones (excluding diaryl/α,β-unsaturated/α-hetero) is 1. The number of aromatic nitrogens is 1. The number of carbonyl (C=O) groups excluding carboxylic acids is 2. The van der Waals surface area contributed by atoms with E-state index in [1.54, 1.807) is 13.1 Å². The zero-order chi connectivity index (χ0) is 20.1. The fourth-order valence-corrected chi connectivity index (χ4v) is 4.46. The van der Waals surface area contributed by atoms with E-state index in [4.69, 9.17) is 4.74 Å². The van der Waals surface area contributed by atoms with Gasteiger partial charge in [-0.25, -0.2) is 0 Å². The number of ketones is 1. The first kappa shape index (κ1) is 20.6. The zero-order valence-electron chi connectivity index (χ0n) is 16.1. The second kappa shape index (κ2) is 9.34. The van der Waals surface area contributed by atoms with Crippen LogP contribution in [0.1, 0.15) is 43.2 Å². The number of carbonyl (C=O) groups is 2. The molecular formula is C22H25NO4S. The number of thioether (sulfide) groups is 1. The molecule has 5 nitrogen and oxygen atoms in total. The maximum atomic E-state index is 12.3. The van der Waals surface area contributed by atoms with E-state index in [1.165, 1.54) is 11.8 Å². The minimum Gasteiger partial charge on any atom is -0.493 e. The van der Waals surface area contributed by atoms with Gasteiger partial charge in [-0.2, -0.15) is 0 Å². The van der Waals surface area contributed by atoms with Crippen LogP contribution < -0.4 is 4.74 Å². The zero-order valence-corrected chi connectivity index (χ0v) is 16.9. The van der Waals surface area contributed by atoms with Gasteiger partial charge < -0.3 is 9.84 Å². The van der Waals surface area contributed by atoms with Crippen molar-refractivity contribution in [3.63, 3.8) is 0 Å². The molecule has 0 bridgehead atoms. The molecular weight excluding hydrogens is 374 g/mol. The molecule has 3 unspecified atom stereocenters. The summed E-state index contributed by atoms with van der Waals surface area (Å²) < 4.78 is 5.77. The second-order valence-corrected chi connectivity index (χ2v) is 8.20. The van der Waals surface area contributed by atoms with Crippen LogP contribution in [-0.2, 0) is 22.4 Å². The highest BCUT2D eigenvalue weighted by molar-refractivity contribution is 8.15. The highest BCUT2D eigenvalue weighted by Crippen LogP contribution is 2.34. The quantitative estimate of drug-likeness (QED) is 0.684. The summed E-state index contributed by atoms with van der Waals surface area (Å²) >= 11 is 1.18. The van der Waals surface area contributed by atoms with E-state index in [1.807, 2.05) is 43.3 Å². The lowest BCUT2D eigenvalue weighted by atomic mass is 9.97. The lowest BCUT2D eigenvalue weighted by Gasteiger charge is -2.10. The monoisotopic (exact) mass is 399 g/mol. The second-order valence-electron chi connectivity index (χ2n) is 6.99. The molecule has 1 aromatic heterocycles. The summed E-state index contributed by atoms with van der Waals surface area (Å²) in [5, 5.41) is 9.25. The Bertz CT molecular complexity index is 817. The van der Waals surface area contributed by atoms with Crippen molar-refractivity contribution in [1.29, 1.82) is 0 Å². The number of aliphatic hydroxyl groups excluding tert-OH is 1. The molecule has 2 heterocycles. The number of benzene rings is 1. The Hall–Kier alpha value is -2.18. The molecule has 3 rings (SSSR count). The van der Waals surface area contributed by atoms with Gasteiger partial charge in [0.2, 0.25) is 0 Å². The number of hydrogen-bond acceptors (Lipinski definition) is 6. The largest absolute Gasteiger partial charge is 0.493 e. The SMILES string of the molecule is CCC1C(=O)SC(Cc2ccc(OCCc3ccc(C(C)O)cn3)cc2)C1=O. The Morgan fingerprint density at radius 1 is 1.18 bits per heavy atom. The van der Waals surface area contributed by atoms with Crippen LogP contribution in [0.3, 0.4) is 0 Å². The molecule has 28 heavy (non-hydrogen) atoms. The molecule has 6 heteroatoms. The molecule has 1 fully saturated rings. The van der Waals surface area contributed by atoms with Crippen LogP contribution in [0.4, 0.5) is 0 Å². The third-order valence-corrected chi connectivity index (χ3v) is 6.11. The third-order valence-electron chi connectivity index (χ3n) is 4.91. The predicted molar refractivity (Wildman–Crippen MR) is 109 cm³/mol. The van der Waals surface area contributed by atoms with E-state index >= 15 is 0 Å². The minimum absolute atomic E-state index is 0.00698. The smallest absolute Gasteiger partial charge is 0.200 e. The predicted octanol–water partition coefficient (Wildman–Crippen LogP) is 3.54. The van der Waals surface area contributed by atoms with Crippen molar-refractivity contribution >= 4 is 22.7 Å². The van der Waals surface area contributed by atoms with E-state index in [2.05, 4.69) is 4.98 Å². The topological polar surface area (TPSA) is 76.5 Å². The summed E-state index contributed by atoms with van der Waals surface area (Å²) in [6.07, 6.45) is 3.01. The lowest BCUT2D eigenvalue weighted by molar-refractivity contribution is -0.126. The van der Waals surface area contributed by atoms with E-state index in [0.29, 0.717) is 25.9 Å². The standard InChI is InChI=1S/C22H25NO4S/c1-3-19-21(25)20(28-22(19)26)12-15-4-8-18(9-5-15)27-11-10-17-7-6-16(13-23-17)14(2)24/h4-9,13-14,19-20,24H,3,10-12H2,1-2H3. The van der Waals surface area contributed by atoms with Crippen molar-refractivity contribution in [1.82, 2.24) is 4.98 Å². The molecule has 3 atom stereocenters. The first-order chi connectivity index (χ1) is 13.5. The Morgan fingerprint density at radius 3 is 2.50 bits per heavy atom. The van der Waals surface area contributed by atoms with Gasteiger partial charge in [0.05, 0.1) is 23.9 Å². The summed E-state index contributed by atoms with van der Waals surface area (Å²) in [4.78, 5) is 28.5. The first-order valence-electron chi connectivity index (χ1n) is 9.56. The molecule has 0 radical (unpaired) electrons. The maximum absolute atomic E-state index is 12.3. The van der Waals surface area contributed by atoms with Gasteiger partial charge in [-0.05, 0) is 49.1 Å². The Kier molecular flexibility index (Phi) is 6.86. The summed E-state index contributed by atoms with van der Waals surface area (Å²) in [5.74, 6) is 0.394. The Morgan fingerprint density at radius 2 is 1.93 bits per heavy atom. The van der Waals surface area contributed by atoms with Crippen LogP contribution in [0.5, 0.6) is 5.75 Å². The molecule has 1 aromatic carbocycles. The summed E-state index contributed by atoms with van der Waals surface area (Å²) in [7, 11) is 0. The number of aliphatic hydroxyl groups is 1. The molecule has 0 amide bonds. The van der Waals surface area contributed by atoms with Gasteiger partial charge in [-0.1, -0.05) is 36.9 Å². The number of pyridine rings is 1. The first-order valence-corrected chi connectivity index (χ1v) is 10.4. The Balaban J connectivity index is 1.48. The van der Waals surface area contributed by atoms with Crippen molar-refractivity contribution in [2.24, 2.45) is 5.92 Å². The molecule has 0 spiro atoms. The van der Waals surface area contributed by atoms with Crippen LogP contribution in [0.2, 0.25) is 0 Å². The van der Waals surface area contributed by atoms with Crippen molar-refractivity contribution in [3.8, 4) is 5.75 Å². The van der Waals surface area contributed by atoms with Crippen LogP contribution >= 0.6 is 11.8 Å². The van der Waals surface area contributed by atoms with Gasteiger partial charge in [-0.3, -0.25) is 14.6 Å². The van der Waals surface area contributed by atoms with Crippen molar-refractivity contribution in [2.75, 3.05) is 6.61 Å². The summed E-state index contributed by atoms with van der Waals surface area (Å²) in [5.41, 5.74) is 2.73. The van der Waals surface area contributed by atoms with Gasteiger partial charge in [-0.15, -0.1) is 0 Å². The Labute approximate surface area is 169 Å². The fourth-order valence-electron chi connectivity index (χ4n) is 3.17. The summed E-state index contributed by atoms with van der Waals surface area (Å²) in [6.45, 7) is 4.10. The average molecular weight is 400 g/mol. The molecule has 0 saturated carbocycles. The van der Waals surface area contributed by atoms with E-state index in [9.17, 15) is 14.7 Å². The summed E-state index contributed by atoms with van der Waals surface area (Å²) in [6, 6.07) is 11.4. The maximum Gasteiger partial charge on any atom is 0.200 e. The molecule has 0 aliphatic carbocycles. The van der Waals surface area contributed by atoms with Gasteiger partial charge in [0, 0.05) is 18.3 Å². The average Bonchev–Trinajstić information content (AvgIpc) is 2.96. The fraction of sp³-hybridized carbons (Fsp3) is 0.409. The molecule has 1 N–H and O–H groups in total. The number of nitrogens with zero attached hydrogens (tertiary/aromatic N) is 1. The molecule has 148 valence electrons.